The van der Waals surface area contributed by atoms with Crippen LogP contribution in [0.3, 0.4) is 0 Å². The van der Waals surface area contributed by atoms with E-state index in [0.717, 1.165) is 38.0 Å². The highest BCUT2D eigenvalue weighted by atomic mass is 16.3. The molecule has 2 aliphatic heterocycles. The molecule has 19 heavy (non-hydrogen) atoms. The van der Waals surface area contributed by atoms with Gasteiger partial charge >= 0.3 is 0 Å². The lowest BCUT2D eigenvalue weighted by atomic mass is 10.0. The Hall–Kier alpha value is -0.160. The predicted octanol–water partition coefficient (Wildman–Crippen LogP) is 0.296. The van der Waals surface area contributed by atoms with Crippen LogP contribution in [0.5, 0.6) is 0 Å². The highest BCUT2D eigenvalue weighted by Crippen LogP contribution is 2.41. The van der Waals surface area contributed by atoms with Gasteiger partial charge in [0.1, 0.15) is 0 Å². The molecule has 4 nitrogen and oxygen atoms in total. The lowest BCUT2D eigenvalue weighted by Gasteiger charge is -2.10. The number of likely N-dealkylation sites (N-methyl/N-ethyl adjacent to an activating group) is 1. The molecule has 4 fully saturated rings. The van der Waals surface area contributed by atoms with E-state index in [1.807, 2.05) is 0 Å². The smallest absolute Gasteiger partial charge is 0.0709 e. The van der Waals surface area contributed by atoms with Crippen molar-refractivity contribution in [1.29, 1.82) is 0 Å². The molecule has 110 valence electrons. The minimum atomic E-state index is -0.0440. The van der Waals surface area contributed by atoms with Gasteiger partial charge in [0, 0.05) is 38.0 Å². The first-order valence-electron chi connectivity index (χ1n) is 7.90. The van der Waals surface area contributed by atoms with Crippen LogP contribution in [-0.2, 0) is 0 Å². The predicted molar refractivity (Wildman–Crippen MR) is 74.8 cm³/mol. The summed E-state index contributed by atoms with van der Waals surface area (Å²) in [7, 11) is 2.09. The van der Waals surface area contributed by atoms with Crippen LogP contribution in [0.2, 0.25) is 0 Å². The second-order valence-electron chi connectivity index (χ2n) is 7.02. The molecule has 2 heterocycles. The summed E-state index contributed by atoms with van der Waals surface area (Å²) < 4.78 is 0. The fourth-order valence-corrected chi connectivity index (χ4v) is 3.69. The van der Waals surface area contributed by atoms with E-state index in [1.165, 1.54) is 25.7 Å². The standard InChI is InChI=1S/C8H15NO.C7H13NO/c1-9-4-7(6-2-3-6)8(10)5-9;9-7-4-8-3-6(7)5-1-2-5/h6-8,10H,2-5H2,1H3;5-9H,1-4H2/t7-,8+;6-,7+/m00/s1. The van der Waals surface area contributed by atoms with E-state index in [0.29, 0.717) is 11.8 Å². The van der Waals surface area contributed by atoms with Gasteiger partial charge in [-0.25, -0.2) is 0 Å². The zero-order valence-corrected chi connectivity index (χ0v) is 12.0. The molecule has 3 N–H and O–H groups in total. The summed E-state index contributed by atoms with van der Waals surface area (Å²) in [5.41, 5.74) is 0. The van der Waals surface area contributed by atoms with Crippen LogP contribution in [0.4, 0.5) is 0 Å². The third kappa shape index (κ3) is 3.48. The van der Waals surface area contributed by atoms with Crippen molar-refractivity contribution in [3.8, 4) is 0 Å². The Balaban J connectivity index is 0.000000117. The summed E-state index contributed by atoms with van der Waals surface area (Å²) in [4.78, 5) is 2.23. The molecule has 4 rings (SSSR count). The summed E-state index contributed by atoms with van der Waals surface area (Å²) in [5.74, 6) is 2.91. The molecule has 4 aliphatic rings. The molecule has 4 heteroatoms. The Kier molecular flexibility index (Phi) is 4.13. The molecule has 2 aliphatic carbocycles. The van der Waals surface area contributed by atoms with Crippen LogP contribution < -0.4 is 5.32 Å². The number of hydrogen-bond acceptors (Lipinski definition) is 4. The van der Waals surface area contributed by atoms with Gasteiger partial charge < -0.3 is 20.4 Å². The number of aliphatic hydroxyl groups excluding tert-OH is 2. The molecular weight excluding hydrogens is 240 g/mol. The van der Waals surface area contributed by atoms with Gasteiger partial charge in [-0.3, -0.25) is 0 Å². The molecule has 0 spiro atoms. The van der Waals surface area contributed by atoms with Crippen molar-refractivity contribution >= 4 is 0 Å². The van der Waals surface area contributed by atoms with E-state index in [1.54, 1.807) is 0 Å². The maximum absolute atomic E-state index is 9.53. The van der Waals surface area contributed by atoms with E-state index in [-0.39, 0.29) is 12.2 Å². The van der Waals surface area contributed by atoms with Crippen LogP contribution in [0, 0.1) is 23.7 Å². The lowest BCUT2D eigenvalue weighted by molar-refractivity contribution is 0.133. The third-order valence-corrected chi connectivity index (χ3v) is 5.20. The molecule has 0 bridgehead atoms. The summed E-state index contributed by atoms with van der Waals surface area (Å²) >= 11 is 0. The van der Waals surface area contributed by atoms with Crippen LogP contribution in [-0.4, -0.2) is 60.5 Å². The van der Waals surface area contributed by atoms with Gasteiger partial charge in [-0.2, -0.15) is 0 Å². The van der Waals surface area contributed by atoms with E-state index in [2.05, 4.69) is 17.3 Å². The van der Waals surface area contributed by atoms with Gasteiger partial charge in [0.05, 0.1) is 12.2 Å². The fourth-order valence-electron chi connectivity index (χ4n) is 3.69. The largest absolute Gasteiger partial charge is 0.391 e. The molecule has 2 saturated carbocycles. The summed E-state index contributed by atoms with van der Waals surface area (Å²) in [6.45, 7) is 3.88. The van der Waals surface area contributed by atoms with Gasteiger partial charge in [-0.15, -0.1) is 0 Å². The summed E-state index contributed by atoms with van der Waals surface area (Å²) in [6, 6.07) is 0. The average molecular weight is 268 g/mol. The first kappa shape index (κ1) is 13.8. The summed E-state index contributed by atoms with van der Waals surface area (Å²) in [5, 5.41) is 22.1. The minimum absolute atomic E-state index is 0.0301. The van der Waals surface area contributed by atoms with Crippen molar-refractivity contribution in [2.75, 3.05) is 33.2 Å². The normalized spacial score (nSPS) is 43.1. The quantitative estimate of drug-likeness (QED) is 0.674. The number of rotatable bonds is 2. The maximum Gasteiger partial charge on any atom is 0.0709 e. The van der Waals surface area contributed by atoms with Crippen molar-refractivity contribution in [3.05, 3.63) is 0 Å². The summed E-state index contributed by atoms with van der Waals surface area (Å²) in [6.07, 6.45) is 5.34. The zero-order valence-electron chi connectivity index (χ0n) is 12.0. The molecule has 0 aromatic carbocycles. The van der Waals surface area contributed by atoms with Crippen molar-refractivity contribution in [1.82, 2.24) is 10.2 Å². The first-order chi connectivity index (χ1) is 9.15. The molecule has 4 atom stereocenters. The third-order valence-electron chi connectivity index (χ3n) is 5.20. The molecule has 0 amide bonds. The second kappa shape index (κ2) is 5.68. The van der Waals surface area contributed by atoms with Gasteiger partial charge in [-0.1, -0.05) is 0 Å². The Labute approximate surface area is 116 Å². The Morgan fingerprint density at radius 1 is 0.842 bits per heavy atom. The number of hydrogen-bond donors (Lipinski definition) is 3. The molecule has 0 radical (unpaired) electrons. The fraction of sp³-hybridized carbons (Fsp3) is 1.00. The average Bonchev–Trinajstić information content (AvgIpc) is 3.29. The van der Waals surface area contributed by atoms with Gasteiger partial charge in [0.15, 0.2) is 0 Å². The van der Waals surface area contributed by atoms with E-state index >= 15 is 0 Å². The van der Waals surface area contributed by atoms with Crippen molar-refractivity contribution < 1.29 is 10.2 Å². The van der Waals surface area contributed by atoms with Crippen molar-refractivity contribution in [3.63, 3.8) is 0 Å². The first-order valence-corrected chi connectivity index (χ1v) is 7.90. The van der Waals surface area contributed by atoms with E-state index in [9.17, 15) is 10.2 Å². The SMILES string of the molecule is CN1C[C@@H](O)[C@H](C2CC2)C1.O[C@@H]1CNC[C@H]1C1CC1. The Bertz CT molecular complexity index is 305. The van der Waals surface area contributed by atoms with Gasteiger partial charge in [0.2, 0.25) is 0 Å². The molecule has 0 aromatic heterocycles. The Morgan fingerprint density at radius 3 is 1.89 bits per heavy atom. The lowest BCUT2D eigenvalue weighted by Crippen LogP contribution is -2.19. The van der Waals surface area contributed by atoms with Gasteiger partial charge in [-0.05, 0) is 44.6 Å². The van der Waals surface area contributed by atoms with Crippen molar-refractivity contribution in [2.24, 2.45) is 23.7 Å². The Morgan fingerprint density at radius 2 is 1.47 bits per heavy atom. The number of likely N-dealkylation sites (tertiary alicyclic amines) is 1. The molecule has 2 saturated heterocycles. The van der Waals surface area contributed by atoms with Crippen molar-refractivity contribution in [2.45, 2.75) is 37.9 Å². The monoisotopic (exact) mass is 268 g/mol. The molecular formula is C15H28N2O2. The van der Waals surface area contributed by atoms with Crippen LogP contribution in [0.15, 0.2) is 0 Å². The van der Waals surface area contributed by atoms with Crippen LogP contribution >= 0.6 is 0 Å². The molecule has 0 aromatic rings. The second-order valence-corrected chi connectivity index (χ2v) is 7.02. The van der Waals surface area contributed by atoms with Crippen LogP contribution in [0.25, 0.3) is 0 Å². The number of nitrogens with one attached hydrogen (secondary N) is 1. The minimum Gasteiger partial charge on any atom is -0.391 e. The highest BCUT2D eigenvalue weighted by Gasteiger charge is 2.40. The highest BCUT2D eigenvalue weighted by molar-refractivity contribution is 4.92. The number of β-amino-alcohol motifs (C(OH)–C–C–N with tert-alkyl or cyclic N) is 2. The maximum atomic E-state index is 9.53. The topological polar surface area (TPSA) is 55.7 Å². The van der Waals surface area contributed by atoms with E-state index < -0.39 is 0 Å². The van der Waals surface area contributed by atoms with Crippen LogP contribution in [0.1, 0.15) is 25.7 Å². The number of aliphatic hydroxyl groups is 2. The zero-order chi connectivity index (χ0) is 13.4. The van der Waals surface area contributed by atoms with Gasteiger partial charge in [0.25, 0.3) is 0 Å². The molecule has 0 unspecified atom stereocenters. The number of nitrogens with zero attached hydrogens (tertiary/aromatic N) is 1. The van der Waals surface area contributed by atoms with E-state index in [4.69, 9.17) is 0 Å².